The minimum Gasteiger partial charge on any atom is -0.506 e. The van der Waals surface area contributed by atoms with Crippen molar-refractivity contribution in [2.24, 2.45) is 0 Å². The maximum Gasteiger partial charge on any atom is 0.279 e. The first-order valence-corrected chi connectivity index (χ1v) is 7.77. The van der Waals surface area contributed by atoms with Gasteiger partial charge in [-0.1, -0.05) is 41.1 Å². The molecule has 0 radical (unpaired) electrons. The highest BCUT2D eigenvalue weighted by molar-refractivity contribution is 6.33. The first kappa shape index (κ1) is 16.8. The number of carbonyl (C=O) groups is 1. The number of rotatable bonds is 5. The van der Waals surface area contributed by atoms with Gasteiger partial charge in [-0.3, -0.25) is 4.79 Å². The Balaban J connectivity index is 1.76. The monoisotopic (exact) mass is 358 g/mol. The molecule has 2 N–H and O–H groups in total. The van der Waals surface area contributed by atoms with Crippen LogP contribution >= 0.6 is 11.6 Å². The van der Waals surface area contributed by atoms with Gasteiger partial charge in [-0.2, -0.15) is 0 Å². The van der Waals surface area contributed by atoms with E-state index in [0.717, 1.165) is 11.3 Å². The molecular weight excluding hydrogens is 344 g/mol. The molecule has 25 heavy (non-hydrogen) atoms. The fraction of sp³-hybridized carbons (Fsp3) is 0.118. The van der Waals surface area contributed by atoms with Crippen molar-refractivity contribution in [2.75, 3.05) is 12.4 Å². The minimum absolute atomic E-state index is 0.0153. The van der Waals surface area contributed by atoms with Crippen LogP contribution in [0.2, 0.25) is 5.15 Å². The molecule has 7 nitrogen and oxygen atoms in total. The van der Waals surface area contributed by atoms with E-state index in [2.05, 4.69) is 15.6 Å². The highest BCUT2D eigenvalue weighted by Crippen LogP contribution is 2.23. The van der Waals surface area contributed by atoms with Crippen molar-refractivity contribution in [3.05, 3.63) is 64.9 Å². The molecule has 0 atom stereocenters. The molecule has 8 heteroatoms. The molecule has 0 spiro atoms. The number of halogens is 1. The summed E-state index contributed by atoms with van der Waals surface area (Å²) >= 11 is 6.22. The van der Waals surface area contributed by atoms with E-state index in [9.17, 15) is 9.90 Å². The molecule has 0 bridgehead atoms. The second kappa shape index (κ2) is 7.23. The van der Waals surface area contributed by atoms with Gasteiger partial charge in [0, 0.05) is 0 Å². The van der Waals surface area contributed by atoms with Gasteiger partial charge in [-0.05, 0) is 29.8 Å². The second-order valence-corrected chi connectivity index (χ2v) is 5.56. The SMILES string of the molecule is COc1ccc(Cn2nnc(C(=O)Nc3ccccc3O)c2Cl)cc1. The normalized spacial score (nSPS) is 10.5. The number of benzene rings is 2. The minimum atomic E-state index is -0.549. The summed E-state index contributed by atoms with van der Waals surface area (Å²) in [6.45, 7) is 0.361. The van der Waals surface area contributed by atoms with Gasteiger partial charge in [0.15, 0.2) is 10.8 Å². The van der Waals surface area contributed by atoms with Crippen LogP contribution in [0.1, 0.15) is 16.1 Å². The molecule has 1 heterocycles. The smallest absolute Gasteiger partial charge is 0.279 e. The zero-order valence-corrected chi connectivity index (χ0v) is 14.1. The van der Waals surface area contributed by atoms with Gasteiger partial charge in [0.25, 0.3) is 5.91 Å². The van der Waals surface area contributed by atoms with Crippen LogP contribution in [-0.4, -0.2) is 33.1 Å². The van der Waals surface area contributed by atoms with Gasteiger partial charge in [0.05, 0.1) is 19.3 Å². The van der Waals surface area contributed by atoms with Crippen molar-refractivity contribution in [1.29, 1.82) is 0 Å². The molecule has 128 valence electrons. The topological polar surface area (TPSA) is 89.3 Å². The van der Waals surface area contributed by atoms with Crippen LogP contribution in [0.3, 0.4) is 0 Å². The van der Waals surface area contributed by atoms with E-state index >= 15 is 0 Å². The predicted octanol–water partition coefficient (Wildman–Crippen LogP) is 2.95. The van der Waals surface area contributed by atoms with Gasteiger partial charge in [-0.25, -0.2) is 4.68 Å². The van der Waals surface area contributed by atoms with Gasteiger partial charge < -0.3 is 15.2 Å². The molecule has 0 aliphatic rings. The first-order valence-electron chi connectivity index (χ1n) is 7.39. The number of anilines is 1. The standard InChI is InChI=1S/C17H15ClN4O3/c1-25-12-8-6-11(7-9-12)10-22-16(18)15(20-21-22)17(24)19-13-4-2-3-5-14(13)23/h2-9,23H,10H2,1H3,(H,19,24). The van der Waals surface area contributed by atoms with Gasteiger partial charge in [0.1, 0.15) is 11.5 Å². The molecular formula is C17H15ClN4O3. The molecule has 2 aromatic carbocycles. The number of methoxy groups -OCH3 is 1. The van der Waals surface area contributed by atoms with Crippen molar-refractivity contribution >= 4 is 23.2 Å². The third kappa shape index (κ3) is 3.72. The number of phenolic OH excluding ortho intramolecular Hbond substituents is 1. The number of nitrogens with one attached hydrogen (secondary N) is 1. The number of carbonyl (C=O) groups excluding carboxylic acids is 1. The summed E-state index contributed by atoms with van der Waals surface area (Å²) in [7, 11) is 1.60. The number of hydrogen-bond donors (Lipinski definition) is 2. The van der Waals surface area contributed by atoms with Crippen LogP contribution in [0.25, 0.3) is 0 Å². The third-order valence-electron chi connectivity index (χ3n) is 3.53. The van der Waals surface area contributed by atoms with Crippen molar-refractivity contribution in [1.82, 2.24) is 15.0 Å². The quantitative estimate of drug-likeness (QED) is 0.684. The fourth-order valence-electron chi connectivity index (χ4n) is 2.21. The van der Waals surface area contributed by atoms with Crippen molar-refractivity contribution in [2.45, 2.75) is 6.54 Å². The van der Waals surface area contributed by atoms with E-state index in [1.165, 1.54) is 10.7 Å². The number of aromatic nitrogens is 3. The van der Waals surface area contributed by atoms with E-state index < -0.39 is 5.91 Å². The fourth-order valence-corrected chi connectivity index (χ4v) is 2.42. The zero-order valence-electron chi connectivity index (χ0n) is 13.3. The summed E-state index contributed by atoms with van der Waals surface area (Å²) in [5, 5.41) is 20.1. The van der Waals surface area contributed by atoms with Crippen LogP contribution in [0.15, 0.2) is 48.5 Å². The molecule has 0 saturated heterocycles. The summed E-state index contributed by atoms with van der Waals surface area (Å²) in [5.74, 6) is 0.154. The molecule has 3 aromatic rings. The van der Waals surface area contributed by atoms with Gasteiger partial charge >= 0.3 is 0 Å². The van der Waals surface area contributed by atoms with Gasteiger partial charge in [-0.15, -0.1) is 5.10 Å². The van der Waals surface area contributed by atoms with E-state index in [0.29, 0.717) is 6.54 Å². The Labute approximate surface area is 148 Å². The molecule has 0 aliphatic carbocycles. The molecule has 0 aliphatic heterocycles. The molecule has 0 fully saturated rings. The molecule has 3 rings (SSSR count). The third-order valence-corrected chi connectivity index (χ3v) is 3.91. The van der Waals surface area contributed by atoms with E-state index in [-0.39, 0.29) is 22.3 Å². The lowest BCUT2D eigenvalue weighted by atomic mass is 10.2. The van der Waals surface area contributed by atoms with Crippen molar-refractivity contribution in [3.8, 4) is 11.5 Å². The maximum absolute atomic E-state index is 12.3. The Morgan fingerprint density at radius 3 is 2.64 bits per heavy atom. The molecule has 0 saturated carbocycles. The summed E-state index contributed by atoms with van der Waals surface area (Å²) in [5.41, 5.74) is 1.19. The van der Waals surface area contributed by atoms with Crippen molar-refractivity contribution < 1.29 is 14.6 Å². The summed E-state index contributed by atoms with van der Waals surface area (Å²) < 4.78 is 6.53. The highest BCUT2D eigenvalue weighted by atomic mass is 35.5. The Bertz CT molecular complexity index is 893. The molecule has 0 unspecified atom stereocenters. The summed E-state index contributed by atoms with van der Waals surface area (Å²) in [6, 6.07) is 13.8. The van der Waals surface area contributed by atoms with Crippen LogP contribution in [-0.2, 0) is 6.54 Å². The van der Waals surface area contributed by atoms with E-state index in [1.54, 1.807) is 25.3 Å². The lowest BCUT2D eigenvalue weighted by molar-refractivity contribution is 0.102. The van der Waals surface area contributed by atoms with Crippen LogP contribution in [0.4, 0.5) is 5.69 Å². The average Bonchev–Trinajstić information content (AvgIpc) is 2.98. The summed E-state index contributed by atoms with van der Waals surface area (Å²) in [4.78, 5) is 12.3. The number of nitrogens with zero attached hydrogens (tertiary/aromatic N) is 3. The number of phenols is 1. The molecule has 1 aromatic heterocycles. The molecule has 1 amide bonds. The Morgan fingerprint density at radius 2 is 1.96 bits per heavy atom. The Hall–Kier alpha value is -3.06. The first-order chi connectivity index (χ1) is 12.1. The number of para-hydroxylation sites is 2. The Morgan fingerprint density at radius 1 is 1.24 bits per heavy atom. The van der Waals surface area contributed by atoms with E-state index in [4.69, 9.17) is 16.3 Å². The largest absolute Gasteiger partial charge is 0.506 e. The number of amides is 1. The maximum atomic E-state index is 12.3. The second-order valence-electron chi connectivity index (χ2n) is 5.21. The van der Waals surface area contributed by atoms with E-state index in [1.807, 2.05) is 24.3 Å². The highest BCUT2D eigenvalue weighted by Gasteiger charge is 2.19. The summed E-state index contributed by atoms with van der Waals surface area (Å²) in [6.07, 6.45) is 0. The lowest BCUT2D eigenvalue weighted by Gasteiger charge is -2.06. The number of aromatic hydroxyl groups is 1. The van der Waals surface area contributed by atoms with Crippen LogP contribution < -0.4 is 10.1 Å². The van der Waals surface area contributed by atoms with Gasteiger partial charge in [0.2, 0.25) is 0 Å². The number of hydrogen-bond acceptors (Lipinski definition) is 5. The Kier molecular flexibility index (Phi) is 4.85. The zero-order chi connectivity index (χ0) is 17.8. The van der Waals surface area contributed by atoms with Crippen LogP contribution in [0, 0.1) is 0 Å². The predicted molar refractivity (Wildman–Crippen MR) is 93.2 cm³/mol. The van der Waals surface area contributed by atoms with Crippen molar-refractivity contribution in [3.63, 3.8) is 0 Å². The average molecular weight is 359 g/mol. The lowest BCUT2D eigenvalue weighted by Crippen LogP contribution is -2.13. The number of ether oxygens (including phenoxy) is 1. The van der Waals surface area contributed by atoms with Crippen LogP contribution in [0.5, 0.6) is 11.5 Å².